The minimum absolute atomic E-state index is 0.0694. The number of hydrogen-bond donors (Lipinski definition) is 7. The lowest BCUT2D eigenvalue weighted by atomic mass is 10.4. The quantitative estimate of drug-likeness (QED) is 0.186. The van der Waals surface area contributed by atoms with Crippen LogP contribution in [-0.2, 0) is 10.4 Å². The number of hydrogen-bond acceptors (Lipinski definition) is 8. The van der Waals surface area contributed by atoms with E-state index in [1.165, 1.54) is 0 Å². The highest BCUT2D eigenvalue weighted by molar-refractivity contribution is 7.79. The zero-order chi connectivity index (χ0) is 19.1. The van der Waals surface area contributed by atoms with Gasteiger partial charge in [0, 0.05) is 32.7 Å². The SMILES string of the molecule is C=CCN.C=CCN.O=S(=O)(O)O.OCCN(CCO)CCO. The molecule has 0 radical (unpaired) electrons. The van der Waals surface area contributed by atoms with Crippen LogP contribution in [0, 0.1) is 0 Å². The summed E-state index contributed by atoms with van der Waals surface area (Å²) in [5.74, 6) is 0. The van der Waals surface area contributed by atoms with Crippen LogP contribution in [0.4, 0.5) is 0 Å². The van der Waals surface area contributed by atoms with E-state index in [2.05, 4.69) is 13.2 Å². The van der Waals surface area contributed by atoms with Crippen molar-refractivity contribution in [3.05, 3.63) is 25.3 Å². The van der Waals surface area contributed by atoms with Crippen molar-refractivity contribution in [2.24, 2.45) is 11.5 Å². The fourth-order valence-electron chi connectivity index (χ4n) is 0.760. The maximum Gasteiger partial charge on any atom is 0.394 e. The summed E-state index contributed by atoms with van der Waals surface area (Å²) >= 11 is 0. The molecule has 0 atom stereocenters. The summed E-state index contributed by atoms with van der Waals surface area (Å²) < 4.78 is 31.6. The van der Waals surface area contributed by atoms with Crippen LogP contribution in [0.2, 0.25) is 0 Å². The second-order valence-electron chi connectivity index (χ2n) is 3.51. The van der Waals surface area contributed by atoms with Gasteiger partial charge in [-0.25, -0.2) is 0 Å². The normalized spacial score (nSPS) is 9.39. The number of aliphatic hydroxyl groups is 3. The van der Waals surface area contributed by atoms with Crippen molar-refractivity contribution in [3.8, 4) is 0 Å². The van der Waals surface area contributed by atoms with E-state index in [0.29, 0.717) is 32.7 Å². The molecule has 0 spiro atoms. The Hall–Kier alpha value is -0.890. The van der Waals surface area contributed by atoms with Crippen molar-refractivity contribution < 1.29 is 32.8 Å². The summed E-state index contributed by atoms with van der Waals surface area (Å²) in [6, 6.07) is 0. The highest BCUT2D eigenvalue weighted by atomic mass is 32.3. The van der Waals surface area contributed by atoms with Gasteiger partial charge in [0.2, 0.25) is 0 Å². The van der Waals surface area contributed by atoms with Gasteiger partial charge in [0.1, 0.15) is 0 Å². The summed E-state index contributed by atoms with van der Waals surface area (Å²) in [4.78, 5) is 1.79. The molecule has 23 heavy (non-hydrogen) atoms. The molecule has 0 amide bonds. The van der Waals surface area contributed by atoms with Crippen LogP contribution in [0.15, 0.2) is 25.3 Å². The van der Waals surface area contributed by atoms with Gasteiger partial charge in [-0.3, -0.25) is 14.0 Å². The molecule has 0 fully saturated rings. The predicted octanol–water partition coefficient (Wildman–Crippen LogP) is -2.13. The van der Waals surface area contributed by atoms with Gasteiger partial charge in [-0.2, -0.15) is 8.42 Å². The van der Waals surface area contributed by atoms with E-state index in [1.807, 2.05) is 0 Å². The van der Waals surface area contributed by atoms with Gasteiger partial charge >= 0.3 is 10.4 Å². The lowest BCUT2D eigenvalue weighted by Gasteiger charge is -2.17. The molecule has 0 aromatic rings. The van der Waals surface area contributed by atoms with Gasteiger partial charge in [0.15, 0.2) is 0 Å². The summed E-state index contributed by atoms with van der Waals surface area (Å²) in [6.07, 6.45) is 3.31. The maximum absolute atomic E-state index is 8.74. The van der Waals surface area contributed by atoms with Crippen LogP contribution in [0.5, 0.6) is 0 Å². The third kappa shape index (κ3) is 75.4. The Morgan fingerprint density at radius 1 is 0.826 bits per heavy atom. The molecule has 142 valence electrons. The summed E-state index contributed by atoms with van der Waals surface area (Å²) in [5.41, 5.74) is 9.82. The molecule has 0 saturated heterocycles. The Balaban J connectivity index is -0.000000117. The minimum atomic E-state index is -4.67. The Bertz CT molecular complexity index is 296. The van der Waals surface area contributed by atoms with Gasteiger partial charge in [0.25, 0.3) is 0 Å². The zero-order valence-electron chi connectivity index (χ0n) is 13.3. The van der Waals surface area contributed by atoms with Crippen LogP contribution in [0.25, 0.3) is 0 Å². The fourth-order valence-corrected chi connectivity index (χ4v) is 0.760. The van der Waals surface area contributed by atoms with E-state index in [4.69, 9.17) is 44.3 Å². The molecule has 11 heteroatoms. The molecule has 0 aromatic carbocycles. The largest absolute Gasteiger partial charge is 0.395 e. The van der Waals surface area contributed by atoms with Crippen LogP contribution >= 0.6 is 0 Å². The minimum Gasteiger partial charge on any atom is -0.395 e. The lowest BCUT2D eigenvalue weighted by Crippen LogP contribution is -2.32. The van der Waals surface area contributed by atoms with Crippen molar-refractivity contribution in [1.82, 2.24) is 4.90 Å². The van der Waals surface area contributed by atoms with E-state index in [1.54, 1.807) is 17.1 Å². The lowest BCUT2D eigenvalue weighted by molar-refractivity contribution is 0.136. The fraction of sp³-hybridized carbons (Fsp3) is 0.667. The van der Waals surface area contributed by atoms with Crippen LogP contribution < -0.4 is 11.5 Å². The molecule has 0 rings (SSSR count). The van der Waals surface area contributed by atoms with E-state index in [9.17, 15) is 0 Å². The number of nitrogens with two attached hydrogens (primary N) is 2. The highest BCUT2D eigenvalue weighted by Crippen LogP contribution is 1.84. The van der Waals surface area contributed by atoms with Gasteiger partial charge in [0.05, 0.1) is 19.8 Å². The monoisotopic (exact) mass is 361 g/mol. The van der Waals surface area contributed by atoms with Gasteiger partial charge in [-0.15, -0.1) is 13.2 Å². The van der Waals surface area contributed by atoms with Crippen molar-refractivity contribution in [2.75, 3.05) is 52.5 Å². The molecule has 0 aliphatic rings. The molecular weight excluding hydrogens is 330 g/mol. The Kier molecular flexibility index (Phi) is 34.0. The number of nitrogens with zero attached hydrogens (tertiary/aromatic N) is 1. The molecule has 0 aliphatic heterocycles. The van der Waals surface area contributed by atoms with Gasteiger partial charge in [-0.1, -0.05) is 12.2 Å². The molecule has 0 aromatic heterocycles. The smallest absolute Gasteiger partial charge is 0.394 e. The van der Waals surface area contributed by atoms with Crippen molar-refractivity contribution >= 4 is 10.4 Å². The first-order valence-corrected chi connectivity index (χ1v) is 7.94. The van der Waals surface area contributed by atoms with Gasteiger partial charge < -0.3 is 26.8 Å². The topological polar surface area (TPSA) is 191 Å². The molecule has 0 heterocycles. The summed E-state index contributed by atoms with van der Waals surface area (Å²) in [5, 5.41) is 25.5. The Labute approximate surface area is 138 Å². The van der Waals surface area contributed by atoms with Crippen LogP contribution in [0.3, 0.4) is 0 Å². The second-order valence-corrected chi connectivity index (χ2v) is 4.40. The average Bonchev–Trinajstić information content (AvgIpc) is 2.47. The van der Waals surface area contributed by atoms with Gasteiger partial charge in [-0.05, 0) is 0 Å². The summed E-state index contributed by atoms with van der Waals surface area (Å²) in [7, 11) is -4.67. The predicted molar refractivity (Wildman–Crippen MR) is 90.4 cm³/mol. The Morgan fingerprint density at radius 3 is 1.09 bits per heavy atom. The van der Waals surface area contributed by atoms with Crippen LogP contribution in [-0.4, -0.2) is 90.3 Å². The zero-order valence-corrected chi connectivity index (χ0v) is 14.1. The third-order valence-electron chi connectivity index (χ3n) is 1.58. The molecule has 0 aliphatic carbocycles. The molecular formula is C12H31N3O7S. The second kappa shape index (κ2) is 26.0. The Morgan fingerprint density at radius 2 is 1.00 bits per heavy atom. The molecule has 0 unspecified atom stereocenters. The summed E-state index contributed by atoms with van der Waals surface area (Å²) in [6.45, 7) is 9.63. The first-order valence-electron chi connectivity index (χ1n) is 6.55. The number of aliphatic hydroxyl groups excluding tert-OH is 3. The highest BCUT2D eigenvalue weighted by Gasteiger charge is 2.00. The van der Waals surface area contributed by atoms with E-state index >= 15 is 0 Å². The third-order valence-corrected chi connectivity index (χ3v) is 1.58. The first-order chi connectivity index (χ1) is 10.7. The molecule has 9 N–H and O–H groups in total. The number of rotatable bonds is 8. The van der Waals surface area contributed by atoms with Crippen LogP contribution in [0.1, 0.15) is 0 Å². The van der Waals surface area contributed by atoms with Crippen molar-refractivity contribution in [3.63, 3.8) is 0 Å². The average molecular weight is 361 g/mol. The van der Waals surface area contributed by atoms with Crippen molar-refractivity contribution in [1.29, 1.82) is 0 Å². The molecule has 0 bridgehead atoms. The molecule has 0 saturated carbocycles. The first kappa shape index (κ1) is 30.0. The standard InChI is InChI=1S/C6H15NO3.2C3H7N.H2O4S/c8-4-1-7(2-5-9)3-6-10;2*1-2-3-4;1-5(2,3)4/h8-10H,1-6H2;2*2H,1,3-4H2;(H2,1,2,3,4). The van der Waals surface area contributed by atoms with E-state index in [-0.39, 0.29) is 19.8 Å². The van der Waals surface area contributed by atoms with Crippen molar-refractivity contribution in [2.45, 2.75) is 0 Å². The van der Waals surface area contributed by atoms with E-state index in [0.717, 1.165) is 0 Å². The molecule has 10 nitrogen and oxygen atoms in total. The maximum atomic E-state index is 8.74. The van der Waals surface area contributed by atoms with E-state index < -0.39 is 10.4 Å².